The molecule has 4 N–H and O–H groups in total. The molecule has 0 aliphatic rings. The van der Waals surface area contributed by atoms with Crippen LogP contribution in [0, 0.1) is 0 Å². The third kappa shape index (κ3) is 4.74. The molecule has 23 heavy (non-hydrogen) atoms. The van der Waals surface area contributed by atoms with Crippen molar-refractivity contribution >= 4 is 23.3 Å². The molecule has 0 saturated carbocycles. The Morgan fingerprint density at radius 3 is 2.13 bits per heavy atom. The van der Waals surface area contributed by atoms with Gasteiger partial charge in [0.2, 0.25) is 0 Å². The Bertz CT molecular complexity index is 679. The van der Waals surface area contributed by atoms with Crippen LogP contribution in [0.1, 0.15) is 15.9 Å². The molecule has 0 aliphatic carbocycles. The zero-order valence-corrected chi connectivity index (χ0v) is 13.2. The molecule has 0 saturated heterocycles. The van der Waals surface area contributed by atoms with E-state index < -0.39 is 6.03 Å². The molecule has 6 nitrogen and oxygen atoms in total. The lowest BCUT2D eigenvalue weighted by molar-refractivity contribution is 0.0951. The van der Waals surface area contributed by atoms with Gasteiger partial charge in [0.05, 0.1) is 0 Å². The highest BCUT2D eigenvalue weighted by molar-refractivity contribution is 5.95. The van der Waals surface area contributed by atoms with Gasteiger partial charge in [-0.3, -0.25) is 4.79 Å². The van der Waals surface area contributed by atoms with Gasteiger partial charge in [-0.15, -0.1) is 0 Å². The Morgan fingerprint density at radius 2 is 1.61 bits per heavy atom. The highest BCUT2D eigenvalue weighted by atomic mass is 16.2. The van der Waals surface area contributed by atoms with E-state index in [0.29, 0.717) is 17.8 Å². The fraction of sp³-hybridized carbons (Fsp3) is 0.176. The molecule has 0 fully saturated rings. The third-order valence-corrected chi connectivity index (χ3v) is 3.32. The minimum atomic E-state index is -0.636. The van der Waals surface area contributed by atoms with E-state index in [-0.39, 0.29) is 5.91 Å². The van der Waals surface area contributed by atoms with E-state index in [0.717, 1.165) is 11.3 Å². The first kappa shape index (κ1) is 16.4. The molecule has 0 heterocycles. The lowest BCUT2D eigenvalue weighted by atomic mass is 10.1. The molecule has 0 radical (unpaired) electrons. The SMILES string of the molecule is CN(C)c1ccc(CNC(=O)c2ccc(NC(N)=O)cc2)cc1. The van der Waals surface area contributed by atoms with Gasteiger partial charge in [0.15, 0.2) is 0 Å². The Hall–Kier alpha value is -3.02. The van der Waals surface area contributed by atoms with Crippen LogP contribution in [0.4, 0.5) is 16.2 Å². The van der Waals surface area contributed by atoms with Crippen molar-refractivity contribution in [1.82, 2.24) is 5.32 Å². The lowest BCUT2D eigenvalue weighted by Gasteiger charge is -2.13. The maximum absolute atomic E-state index is 12.1. The number of benzene rings is 2. The van der Waals surface area contributed by atoms with Gasteiger partial charge in [-0.1, -0.05) is 12.1 Å². The molecule has 2 aromatic carbocycles. The molecule has 0 spiro atoms. The minimum absolute atomic E-state index is 0.174. The van der Waals surface area contributed by atoms with Crippen LogP contribution in [0.3, 0.4) is 0 Å². The summed E-state index contributed by atoms with van der Waals surface area (Å²) >= 11 is 0. The normalized spacial score (nSPS) is 10.0. The number of hydrogen-bond donors (Lipinski definition) is 3. The molecule has 0 unspecified atom stereocenters. The van der Waals surface area contributed by atoms with Gasteiger partial charge in [-0.05, 0) is 42.0 Å². The number of nitrogens with one attached hydrogen (secondary N) is 2. The quantitative estimate of drug-likeness (QED) is 0.790. The fourth-order valence-corrected chi connectivity index (χ4v) is 2.04. The molecule has 0 aromatic heterocycles. The summed E-state index contributed by atoms with van der Waals surface area (Å²) in [6, 6.07) is 13.9. The first-order valence-corrected chi connectivity index (χ1v) is 7.16. The van der Waals surface area contributed by atoms with Gasteiger partial charge in [-0.25, -0.2) is 4.79 Å². The van der Waals surface area contributed by atoms with Crippen molar-refractivity contribution in [2.24, 2.45) is 5.73 Å². The third-order valence-electron chi connectivity index (χ3n) is 3.32. The molecular weight excluding hydrogens is 292 g/mol. The van der Waals surface area contributed by atoms with Crippen LogP contribution in [0.15, 0.2) is 48.5 Å². The minimum Gasteiger partial charge on any atom is -0.378 e. The highest BCUT2D eigenvalue weighted by Gasteiger charge is 2.06. The molecular formula is C17H20N4O2. The van der Waals surface area contributed by atoms with Crippen LogP contribution in [0.2, 0.25) is 0 Å². The average Bonchev–Trinajstić information content (AvgIpc) is 2.53. The summed E-state index contributed by atoms with van der Waals surface area (Å²) in [5.74, 6) is -0.174. The lowest BCUT2D eigenvalue weighted by Crippen LogP contribution is -2.23. The molecule has 2 rings (SSSR count). The van der Waals surface area contributed by atoms with Gasteiger partial charge >= 0.3 is 6.03 Å². The van der Waals surface area contributed by atoms with E-state index >= 15 is 0 Å². The number of carbonyl (C=O) groups is 2. The Kier molecular flexibility index (Phi) is 5.19. The van der Waals surface area contributed by atoms with Gasteiger partial charge < -0.3 is 21.3 Å². The fourth-order valence-electron chi connectivity index (χ4n) is 2.04. The number of carbonyl (C=O) groups excluding carboxylic acids is 2. The van der Waals surface area contributed by atoms with Crippen LogP contribution in [0.25, 0.3) is 0 Å². The number of urea groups is 1. The predicted molar refractivity (Wildman–Crippen MR) is 91.6 cm³/mol. The van der Waals surface area contributed by atoms with Crippen LogP contribution < -0.4 is 21.3 Å². The summed E-state index contributed by atoms with van der Waals surface area (Å²) in [6.07, 6.45) is 0. The highest BCUT2D eigenvalue weighted by Crippen LogP contribution is 2.13. The van der Waals surface area contributed by atoms with Crippen molar-refractivity contribution in [2.75, 3.05) is 24.3 Å². The van der Waals surface area contributed by atoms with Crippen molar-refractivity contribution in [3.8, 4) is 0 Å². The van der Waals surface area contributed by atoms with Crippen molar-refractivity contribution in [3.05, 3.63) is 59.7 Å². The molecule has 0 aliphatic heterocycles. The van der Waals surface area contributed by atoms with Gasteiger partial charge in [0.25, 0.3) is 5.91 Å². The zero-order valence-electron chi connectivity index (χ0n) is 13.2. The smallest absolute Gasteiger partial charge is 0.316 e. The van der Waals surface area contributed by atoms with Crippen molar-refractivity contribution in [1.29, 1.82) is 0 Å². The second-order valence-corrected chi connectivity index (χ2v) is 5.31. The van der Waals surface area contributed by atoms with Crippen molar-refractivity contribution in [3.63, 3.8) is 0 Å². The monoisotopic (exact) mass is 312 g/mol. The predicted octanol–water partition coefficient (Wildman–Crippen LogP) is 2.17. The summed E-state index contributed by atoms with van der Waals surface area (Å²) in [4.78, 5) is 24.9. The van der Waals surface area contributed by atoms with Gasteiger partial charge in [-0.2, -0.15) is 0 Å². The molecule has 2 aromatic rings. The second-order valence-electron chi connectivity index (χ2n) is 5.31. The zero-order chi connectivity index (χ0) is 16.8. The van der Waals surface area contributed by atoms with Crippen LogP contribution in [0.5, 0.6) is 0 Å². The first-order valence-electron chi connectivity index (χ1n) is 7.16. The van der Waals surface area contributed by atoms with Crippen molar-refractivity contribution < 1.29 is 9.59 Å². The summed E-state index contributed by atoms with van der Waals surface area (Å²) in [6.45, 7) is 0.452. The first-order chi connectivity index (χ1) is 11.0. The summed E-state index contributed by atoms with van der Waals surface area (Å²) in [5.41, 5.74) is 8.23. The Labute approximate surface area is 135 Å². The van der Waals surface area contributed by atoms with Gasteiger partial charge in [0.1, 0.15) is 0 Å². The Morgan fingerprint density at radius 1 is 1.00 bits per heavy atom. The maximum atomic E-state index is 12.1. The van der Waals surface area contributed by atoms with E-state index in [9.17, 15) is 9.59 Å². The molecule has 0 bridgehead atoms. The number of nitrogens with two attached hydrogens (primary N) is 1. The van der Waals surface area contributed by atoms with E-state index in [2.05, 4.69) is 10.6 Å². The number of nitrogens with zero attached hydrogens (tertiary/aromatic N) is 1. The number of rotatable bonds is 5. The molecule has 6 heteroatoms. The molecule has 120 valence electrons. The topological polar surface area (TPSA) is 87.5 Å². The van der Waals surface area contributed by atoms with Gasteiger partial charge in [0, 0.05) is 37.6 Å². The van der Waals surface area contributed by atoms with Crippen LogP contribution in [-0.4, -0.2) is 26.0 Å². The van der Waals surface area contributed by atoms with Crippen LogP contribution >= 0.6 is 0 Å². The van der Waals surface area contributed by atoms with Crippen molar-refractivity contribution in [2.45, 2.75) is 6.54 Å². The van der Waals surface area contributed by atoms with E-state index in [1.54, 1.807) is 24.3 Å². The van der Waals surface area contributed by atoms with E-state index in [1.807, 2.05) is 43.3 Å². The number of amides is 3. The maximum Gasteiger partial charge on any atom is 0.316 e. The second kappa shape index (κ2) is 7.31. The Balaban J connectivity index is 1.92. The molecule has 3 amide bonds. The van der Waals surface area contributed by atoms with E-state index in [4.69, 9.17) is 5.73 Å². The largest absolute Gasteiger partial charge is 0.378 e. The average molecular weight is 312 g/mol. The summed E-state index contributed by atoms with van der Waals surface area (Å²) in [7, 11) is 3.96. The van der Waals surface area contributed by atoms with Crippen LogP contribution in [-0.2, 0) is 6.54 Å². The number of hydrogen-bond acceptors (Lipinski definition) is 3. The summed E-state index contributed by atoms with van der Waals surface area (Å²) in [5, 5.41) is 5.31. The number of primary amides is 1. The standard InChI is InChI=1S/C17H20N4O2/c1-21(2)15-9-3-12(4-10-15)11-19-16(22)13-5-7-14(8-6-13)20-17(18)23/h3-10H,11H2,1-2H3,(H,19,22)(H3,18,20,23). The summed E-state index contributed by atoms with van der Waals surface area (Å²) < 4.78 is 0. The molecule has 0 atom stereocenters. The van der Waals surface area contributed by atoms with E-state index in [1.165, 1.54) is 0 Å². The number of anilines is 2.